The Morgan fingerprint density at radius 3 is 2.56 bits per heavy atom. The van der Waals surface area contributed by atoms with Crippen LogP contribution in [0.1, 0.15) is 11.1 Å². The van der Waals surface area contributed by atoms with Crippen molar-refractivity contribution in [2.45, 2.75) is 13.2 Å². The summed E-state index contributed by atoms with van der Waals surface area (Å²) in [6, 6.07) is 17.9. The normalized spacial score (nSPS) is 14.2. The molecule has 0 bridgehead atoms. The Balaban J connectivity index is 1.49. The topological polar surface area (TPSA) is 46.6 Å². The number of hydrogen-bond donors (Lipinski definition) is 0. The first-order chi connectivity index (χ1) is 13.1. The summed E-state index contributed by atoms with van der Waals surface area (Å²) in [5.74, 6) is 0.434. The number of hydrogen-bond acceptors (Lipinski definition) is 4. The van der Waals surface area contributed by atoms with Crippen LogP contribution in [-0.4, -0.2) is 21.8 Å². The summed E-state index contributed by atoms with van der Waals surface area (Å²) in [4.78, 5) is 24.8. The van der Waals surface area contributed by atoms with Crippen molar-refractivity contribution in [3.05, 3.63) is 77.6 Å². The number of thioether (sulfide) groups is 1. The number of imide groups is 1. The molecule has 0 radical (unpaired) electrons. The van der Waals surface area contributed by atoms with Gasteiger partial charge in [-0.3, -0.25) is 14.5 Å². The summed E-state index contributed by atoms with van der Waals surface area (Å²) in [6.45, 7) is 0.444. The summed E-state index contributed by atoms with van der Waals surface area (Å²) >= 11 is 1.04. The number of ether oxygens (including phenoxy) is 1. The second kappa shape index (κ2) is 7.40. The fraction of sp³-hybridized carbons (Fsp3) is 0.143. The van der Waals surface area contributed by atoms with Crippen molar-refractivity contribution in [2.75, 3.05) is 5.75 Å². The molecule has 0 spiro atoms. The van der Waals surface area contributed by atoms with Crippen molar-refractivity contribution in [3.8, 4) is 5.75 Å². The van der Waals surface area contributed by atoms with E-state index >= 15 is 0 Å². The zero-order chi connectivity index (χ0) is 18.8. The average molecular weight is 381 g/mol. The number of carbonyl (C=O) groups excluding carboxylic acids is 2. The number of benzene rings is 3. The standard InChI is InChI=1S/C21H16FNO3S/c22-19-4-2-1-3-17(19)12-26-18-8-7-15-9-14(5-6-16(15)10-18)11-23-20(24)13-27-21(23)25/h1-10H,11-13H2. The Morgan fingerprint density at radius 2 is 1.78 bits per heavy atom. The molecule has 1 aliphatic heterocycles. The minimum atomic E-state index is -0.285. The van der Waals surface area contributed by atoms with Gasteiger partial charge in [0.15, 0.2) is 0 Å². The number of rotatable bonds is 5. The molecule has 6 heteroatoms. The van der Waals surface area contributed by atoms with Gasteiger partial charge >= 0.3 is 0 Å². The molecule has 1 heterocycles. The molecule has 0 unspecified atom stereocenters. The molecule has 0 aromatic heterocycles. The lowest BCUT2D eigenvalue weighted by atomic mass is 10.1. The first-order valence-corrected chi connectivity index (χ1v) is 9.45. The second-order valence-electron chi connectivity index (χ2n) is 6.26. The predicted molar refractivity (Wildman–Crippen MR) is 103 cm³/mol. The molecular formula is C21H16FNO3S. The highest BCUT2D eigenvalue weighted by Gasteiger charge is 2.29. The van der Waals surface area contributed by atoms with Crippen LogP contribution in [0.2, 0.25) is 0 Å². The van der Waals surface area contributed by atoms with E-state index < -0.39 is 0 Å². The highest BCUT2D eigenvalue weighted by atomic mass is 32.2. The maximum atomic E-state index is 13.7. The van der Waals surface area contributed by atoms with Gasteiger partial charge < -0.3 is 4.74 Å². The largest absolute Gasteiger partial charge is 0.489 e. The summed E-state index contributed by atoms with van der Waals surface area (Å²) in [5.41, 5.74) is 1.40. The molecule has 2 amide bonds. The van der Waals surface area contributed by atoms with E-state index in [1.54, 1.807) is 18.2 Å². The van der Waals surface area contributed by atoms with Gasteiger partial charge in [0.05, 0.1) is 12.3 Å². The maximum Gasteiger partial charge on any atom is 0.289 e. The number of amides is 2. The van der Waals surface area contributed by atoms with E-state index in [0.29, 0.717) is 11.3 Å². The molecule has 3 aromatic rings. The molecule has 0 saturated carbocycles. The van der Waals surface area contributed by atoms with Gasteiger partial charge in [-0.15, -0.1) is 0 Å². The fourth-order valence-corrected chi connectivity index (χ4v) is 3.68. The van der Waals surface area contributed by atoms with E-state index in [4.69, 9.17) is 4.74 Å². The third kappa shape index (κ3) is 3.80. The third-order valence-electron chi connectivity index (χ3n) is 4.41. The number of fused-ring (bicyclic) bond motifs is 1. The second-order valence-corrected chi connectivity index (χ2v) is 7.18. The quantitative estimate of drug-likeness (QED) is 0.640. The van der Waals surface area contributed by atoms with Crippen LogP contribution in [0.3, 0.4) is 0 Å². The average Bonchev–Trinajstić information content (AvgIpc) is 2.99. The van der Waals surface area contributed by atoms with Crippen LogP contribution in [0, 0.1) is 5.82 Å². The summed E-state index contributed by atoms with van der Waals surface area (Å²) < 4.78 is 19.4. The third-order valence-corrected chi connectivity index (χ3v) is 5.27. The number of nitrogens with zero attached hydrogens (tertiary/aromatic N) is 1. The lowest BCUT2D eigenvalue weighted by molar-refractivity contribution is -0.125. The summed E-state index contributed by atoms with van der Waals surface area (Å²) in [7, 11) is 0. The van der Waals surface area contributed by atoms with Crippen molar-refractivity contribution >= 4 is 33.7 Å². The van der Waals surface area contributed by atoms with Crippen molar-refractivity contribution in [3.63, 3.8) is 0 Å². The lowest BCUT2D eigenvalue weighted by Crippen LogP contribution is -2.27. The molecule has 3 aromatic carbocycles. The van der Waals surface area contributed by atoms with Gasteiger partial charge in [0.2, 0.25) is 5.91 Å². The fourth-order valence-electron chi connectivity index (χ4n) is 2.95. The SMILES string of the molecule is O=C1CSC(=O)N1Cc1ccc2cc(OCc3ccccc3F)ccc2c1. The molecule has 4 nitrogen and oxygen atoms in total. The van der Waals surface area contributed by atoms with Gasteiger partial charge in [0.25, 0.3) is 5.24 Å². The summed E-state index contributed by atoms with van der Waals surface area (Å²) in [6.07, 6.45) is 0. The van der Waals surface area contributed by atoms with Gasteiger partial charge in [-0.1, -0.05) is 48.2 Å². The minimum absolute atomic E-state index is 0.151. The van der Waals surface area contributed by atoms with Crippen molar-refractivity contribution in [1.82, 2.24) is 4.90 Å². The van der Waals surface area contributed by atoms with E-state index in [-0.39, 0.29) is 35.9 Å². The molecule has 27 heavy (non-hydrogen) atoms. The van der Waals surface area contributed by atoms with Gasteiger partial charge in [0, 0.05) is 5.56 Å². The van der Waals surface area contributed by atoms with Gasteiger partial charge in [-0.05, 0) is 40.6 Å². The predicted octanol–water partition coefficient (Wildman–Crippen LogP) is 4.75. The lowest BCUT2D eigenvalue weighted by Gasteiger charge is -2.13. The molecule has 1 saturated heterocycles. The molecule has 1 fully saturated rings. The molecule has 4 rings (SSSR count). The van der Waals surface area contributed by atoms with E-state index in [1.165, 1.54) is 11.0 Å². The van der Waals surface area contributed by atoms with Crippen LogP contribution in [0.15, 0.2) is 60.7 Å². The van der Waals surface area contributed by atoms with Gasteiger partial charge in [-0.25, -0.2) is 4.39 Å². The van der Waals surface area contributed by atoms with Gasteiger partial charge in [-0.2, -0.15) is 0 Å². The van der Waals surface area contributed by atoms with Gasteiger partial charge in [0.1, 0.15) is 18.2 Å². The van der Waals surface area contributed by atoms with E-state index in [2.05, 4.69) is 0 Å². The van der Waals surface area contributed by atoms with Crippen LogP contribution in [-0.2, 0) is 17.9 Å². The van der Waals surface area contributed by atoms with Crippen LogP contribution in [0.5, 0.6) is 5.75 Å². The number of carbonyl (C=O) groups is 2. The smallest absolute Gasteiger partial charge is 0.289 e. The zero-order valence-corrected chi connectivity index (χ0v) is 15.2. The Hall–Kier alpha value is -2.86. The molecule has 136 valence electrons. The van der Waals surface area contributed by atoms with Crippen LogP contribution >= 0.6 is 11.8 Å². The van der Waals surface area contributed by atoms with Crippen molar-refractivity contribution in [1.29, 1.82) is 0 Å². The van der Waals surface area contributed by atoms with Crippen LogP contribution < -0.4 is 4.74 Å². The first-order valence-electron chi connectivity index (χ1n) is 8.46. The monoisotopic (exact) mass is 381 g/mol. The molecular weight excluding hydrogens is 365 g/mol. The van der Waals surface area contributed by atoms with E-state index in [9.17, 15) is 14.0 Å². The first kappa shape index (κ1) is 17.5. The minimum Gasteiger partial charge on any atom is -0.489 e. The molecule has 0 atom stereocenters. The highest BCUT2D eigenvalue weighted by molar-refractivity contribution is 8.14. The Morgan fingerprint density at radius 1 is 1.00 bits per heavy atom. The Bertz CT molecular complexity index is 1020. The highest BCUT2D eigenvalue weighted by Crippen LogP contribution is 2.26. The van der Waals surface area contributed by atoms with Crippen LogP contribution in [0.4, 0.5) is 9.18 Å². The maximum absolute atomic E-state index is 13.7. The summed E-state index contributed by atoms with van der Waals surface area (Å²) in [5, 5.41) is 1.76. The van der Waals surface area contributed by atoms with Crippen molar-refractivity contribution < 1.29 is 18.7 Å². The van der Waals surface area contributed by atoms with Crippen molar-refractivity contribution in [2.24, 2.45) is 0 Å². The molecule has 0 N–H and O–H groups in total. The Labute approximate surface area is 159 Å². The Kier molecular flexibility index (Phi) is 4.81. The molecule has 1 aliphatic rings. The molecule has 0 aliphatic carbocycles. The number of halogens is 1. The van der Waals surface area contributed by atoms with E-state index in [0.717, 1.165) is 28.1 Å². The van der Waals surface area contributed by atoms with E-state index in [1.807, 2.05) is 36.4 Å². The van der Waals surface area contributed by atoms with Crippen LogP contribution in [0.25, 0.3) is 10.8 Å². The zero-order valence-electron chi connectivity index (χ0n) is 14.4.